The van der Waals surface area contributed by atoms with Crippen LogP contribution in [0.25, 0.3) is 5.82 Å². The van der Waals surface area contributed by atoms with E-state index < -0.39 is 11.8 Å². The van der Waals surface area contributed by atoms with Crippen molar-refractivity contribution in [2.45, 2.75) is 26.7 Å². The largest absolute Gasteiger partial charge is 0.478 e. The number of hydrogen-bond donors (Lipinski definition) is 1. The summed E-state index contributed by atoms with van der Waals surface area (Å²) in [5.74, 6) is -0.677. The van der Waals surface area contributed by atoms with Gasteiger partial charge in [0.05, 0.1) is 6.20 Å². The number of carboxylic acids is 1. The molecule has 2 aromatic heterocycles. The molecule has 7 heteroatoms. The topological polar surface area (TPSA) is 80.9 Å². The smallest absolute Gasteiger partial charge is 0.339 e. The van der Waals surface area contributed by atoms with Gasteiger partial charge in [0.2, 0.25) is 0 Å². The zero-order valence-corrected chi connectivity index (χ0v) is 10.6. The molecular formula is C12H13FN4O2. The number of hydrogen-bond acceptors (Lipinski definition) is 4. The van der Waals surface area contributed by atoms with Crippen LogP contribution >= 0.6 is 0 Å². The zero-order valence-electron chi connectivity index (χ0n) is 10.6. The Kier molecular flexibility index (Phi) is 3.55. The first-order valence-electron chi connectivity index (χ1n) is 5.90. The summed E-state index contributed by atoms with van der Waals surface area (Å²) < 4.78 is 14.5. The molecule has 100 valence electrons. The van der Waals surface area contributed by atoms with Gasteiger partial charge < -0.3 is 5.11 Å². The van der Waals surface area contributed by atoms with E-state index in [0.717, 1.165) is 12.3 Å². The third kappa shape index (κ3) is 2.44. The molecule has 0 aromatic carbocycles. The van der Waals surface area contributed by atoms with Crippen molar-refractivity contribution in [2.24, 2.45) is 0 Å². The van der Waals surface area contributed by atoms with E-state index >= 15 is 0 Å². The first kappa shape index (κ1) is 13.1. The van der Waals surface area contributed by atoms with E-state index in [4.69, 9.17) is 5.11 Å². The molecule has 0 atom stereocenters. The van der Waals surface area contributed by atoms with Crippen molar-refractivity contribution in [3.05, 3.63) is 35.3 Å². The first-order valence-corrected chi connectivity index (χ1v) is 5.90. The van der Waals surface area contributed by atoms with E-state index in [-0.39, 0.29) is 11.4 Å². The van der Waals surface area contributed by atoms with Crippen molar-refractivity contribution >= 4 is 5.97 Å². The summed E-state index contributed by atoms with van der Waals surface area (Å²) in [7, 11) is 0. The Morgan fingerprint density at radius 3 is 2.74 bits per heavy atom. The van der Waals surface area contributed by atoms with Gasteiger partial charge in [-0.15, -0.1) is 5.10 Å². The highest BCUT2D eigenvalue weighted by molar-refractivity contribution is 5.91. The number of nitrogens with zero attached hydrogens (tertiary/aromatic N) is 4. The van der Waals surface area contributed by atoms with Crippen LogP contribution in [0.15, 0.2) is 12.3 Å². The van der Waals surface area contributed by atoms with Gasteiger partial charge in [-0.1, -0.05) is 13.8 Å². The molecule has 0 aliphatic carbocycles. The Labute approximate surface area is 108 Å². The molecule has 0 aliphatic heterocycles. The Balaban J connectivity index is 2.64. The molecule has 0 saturated heterocycles. The van der Waals surface area contributed by atoms with Crippen molar-refractivity contribution in [3.63, 3.8) is 0 Å². The van der Waals surface area contributed by atoms with Gasteiger partial charge in [-0.2, -0.15) is 4.68 Å². The maximum absolute atomic E-state index is 13.1. The number of pyridine rings is 1. The molecule has 2 aromatic rings. The second kappa shape index (κ2) is 5.13. The Hall–Kier alpha value is -2.31. The summed E-state index contributed by atoms with van der Waals surface area (Å²) in [6.45, 7) is 3.78. The number of aryl methyl sites for hydroxylation is 2. The minimum atomic E-state index is -1.25. The molecule has 19 heavy (non-hydrogen) atoms. The highest BCUT2D eigenvalue weighted by Gasteiger charge is 2.18. The van der Waals surface area contributed by atoms with Crippen LogP contribution in [0, 0.1) is 5.82 Å². The van der Waals surface area contributed by atoms with E-state index in [1.807, 2.05) is 13.8 Å². The normalized spacial score (nSPS) is 10.7. The van der Waals surface area contributed by atoms with Crippen LogP contribution in [0.5, 0.6) is 0 Å². The summed E-state index contributed by atoms with van der Waals surface area (Å²) in [5, 5.41) is 13.3. The molecule has 0 aliphatic rings. The van der Waals surface area contributed by atoms with Gasteiger partial charge in [0.15, 0.2) is 11.6 Å². The lowest BCUT2D eigenvalue weighted by molar-refractivity contribution is 0.0695. The summed E-state index contributed by atoms with van der Waals surface area (Å²) in [6, 6.07) is 0.928. The van der Waals surface area contributed by atoms with Crippen molar-refractivity contribution in [1.29, 1.82) is 0 Å². The Bertz CT molecular complexity index is 624. The number of aromatic carboxylic acids is 1. The summed E-state index contributed by atoms with van der Waals surface area (Å²) in [5.41, 5.74) is -0.234. The highest BCUT2D eigenvalue weighted by Crippen LogP contribution is 2.15. The third-order valence-corrected chi connectivity index (χ3v) is 2.61. The molecule has 0 fully saturated rings. The number of halogens is 1. The minimum absolute atomic E-state index is 0.0814. The van der Waals surface area contributed by atoms with E-state index in [2.05, 4.69) is 15.1 Å². The molecule has 0 unspecified atom stereocenters. The van der Waals surface area contributed by atoms with E-state index in [1.54, 1.807) is 0 Å². The third-order valence-electron chi connectivity index (χ3n) is 2.61. The number of carbonyl (C=O) groups is 1. The van der Waals surface area contributed by atoms with E-state index in [1.165, 1.54) is 4.68 Å². The van der Waals surface area contributed by atoms with E-state index in [9.17, 15) is 9.18 Å². The van der Waals surface area contributed by atoms with Gasteiger partial charge in [0, 0.05) is 12.8 Å². The zero-order chi connectivity index (χ0) is 14.0. The lowest BCUT2D eigenvalue weighted by Gasteiger charge is -2.06. The molecule has 0 radical (unpaired) electrons. The van der Waals surface area contributed by atoms with Crippen LogP contribution in [0.4, 0.5) is 4.39 Å². The standard InChI is InChI=1S/C12H13FN4O2/c1-3-9-15-10(4-2)17(16-9)11-8(12(18)19)5-7(13)6-14-11/h5-6H,3-4H2,1-2H3,(H,18,19). The van der Waals surface area contributed by atoms with Crippen LogP contribution < -0.4 is 0 Å². The average Bonchev–Trinajstić information content (AvgIpc) is 2.81. The minimum Gasteiger partial charge on any atom is -0.478 e. The molecular weight excluding hydrogens is 251 g/mol. The average molecular weight is 264 g/mol. The molecule has 0 saturated carbocycles. The summed E-state index contributed by atoms with van der Waals surface area (Å²) in [4.78, 5) is 19.3. The van der Waals surface area contributed by atoms with Crippen molar-refractivity contribution in [1.82, 2.24) is 19.7 Å². The van der Waals surface area contributed by atoms with Gasteiger partial charge >= 0.3 is 5.97 Å². The highest BCUT2D eigenvalue weighted by atomic mass is 19.1. The Morgan fingerprint density at radius 1 is 1.42 bits per heavy atom. The second-order valence-corrected chi connectivity index (χ2v) is 3.89. The van der Waals surface area contributed by atoms with E-state index in [0.29, 0.717) is 24.5 Å². The van der Waals surface area contributed by atoms with Crippen LogP contribution in [0.1, 0.15) is 35.9 Å². The van der Waals surface area contributed by atoms with Crippen molar-refractivity contribution in [2.75, 3.05) is 0 Å². The van der Waals surface area contributed by atoms with Gasteiger partial charge in [0.25, 0.3) is 0 Å². The van der Waals surface area contributed by atoms with Crippen LogP contribution in [-0.2, 0) is 12.8 Å². The van der Waals surface area contributed by atoms with Crippen LogP contribution in [-0.4, -0.2) is 30.8 Å². The molecule has 0 bridgehead atoms. The van der Waals surface area contributed by atoms with Crippen LogP contribution in [0.2, 0.25) is 0 Å². The summed E-state index contributed by atoms with van der Waals surface area (Å²) >= 11 is 0. The lowest BCUT2D eigenvalue weighted by Crippen LogP contribution is -2.12. The monoisotopic (exact) mass is 264 g/mol. The molecule has 1 N–H and O–H groups in total. The molecule has 2 heterocycles. The number of rotatable bonds is 4. The molecule has 2 rings (SSSR count). The maximum atomic E-state index is 13.1. The summed E-state index contributed by atoms with van der Waals surface area (Å²) in [6.07, 6.45) is 2.17. The molecule has 6 nitrogen and oxygen atoms in total. The predicted octanol–water partition coefficient (Wildman–Crippen LogP) is 1.62. The maximum Gasteiger partial charge on any atom is 0.339 e. The SMILES string of the molecule is CCc1nc(CC)n(-c2ncc(F)cc2C(=O)O)n1. The van der Waals surface area contributed by atoms with Crippen molar-refractivity contribution in [3.8, 4) is 5.82 Å². The quantitative estimate of drug-likeness (QED) is 0.907. The fraction of sp³-hybridized carbons (Fsp3) is 0.333. The van der Waals surface area contributed by atoms with Gasteiger partial charge in [-0.25, -0.2) is 19.2 Å². The fourth-order valence-corrected chi connectivity index (χ4v) is 1.70. The fourth-order valence-electron chi connectivity index (χ4n) is 1.70. The van der Waals surface area contributed by atoms with Crippen LogP contribution in [0.3, 0.4) is 0 Å². The van der Waals surface area contributed by atoms with Gasteiger partial charge in [0.1, 0.15) is 17.2 Å². The first-order chi connectivity index (χ1) is 9.06. The lowest BCUT2D eigenvalue weighted by atomic mass is 10.2. The van der Waals surface area contributed by atoms with Gasteiger partial charge in [-0.3, -0.25) is 0 Å². The second-order valence-electron chi connectivity index (χ2n) is 3.89. The molecule has 0 spiro atoms. The number of carboxylic acid groups (broad SMARTS) is 1. The van der Waals surface area contributed by atoms with Crippen molar-refractivity contribution < 1.29 is 14.3 Å². The number of aromatic nitrogens is 4. The van der Waals surface area contributed by atoms with Gasteiger partial charge in [-0.05, 0) is 6.07 Å². The molecule has 0 amide bonds. The predicted molar refractivity (Wildman–Crippen MR) is 64.8 cm³/mol. The Morgan fingerprint density at radius 2 is 2.16 bits per heavy atom.